The van der Waals surface area contributed by atoms with Gasteiger partial charge in [0, 0.05) is 35.8 Å². The van der Waals surface area contributed by atoms with E-state index in [2.05, 4.69) is 19.9 Å². The summed E-state index contributed by atoms with van der Waals surface area (Å²) in [7, 11) is 0. The predicted octanol–water partition coefficient (Wildman–Crippen LogP) is 1.48. The number of aliphatic hydroxyl groups is 2. The van der Waals surface area contributed by atoms with E-state index in [1.165, 1.54) is 17.7 Å². The molecule has 0 aromatic carbocycles. The van der Waals surface area contributed by atoms with Gasteiger partial charge in [0.1, 0.15) is 29.5 Å². The summed E-state index contributed by atoms with van der Waals surface area (Å²) in [6, 6.07) is 0. The lowest BCUT2D eigenvalue weighted by molar-refractivity contribution is -0.187. The Balaban J connectivity index is 1.25. The lowest BCUT2D eigenvalue weighted by atomic mass is 9.57. The van der Waals surface area contributed by atoms with Gasteiger partial charge in [0.05, 0.1) is 32.0 Å². The molecule has 5 heterocycles. The minimum absolute atomic E-state index is 0.0555. The summed E-state index contributed by atoms with van der Waals surface area (Å²) in [5.74, 6) is -1.07. The third-order valence-corrected chi connectivity index (χ3v) is 10.4. The van der Waals surface area contributed by atoms with Crippen LogP contribution in [0.2, 0.25) is 0 Å². The van der Waals surface area contributed by atoms with E-state index in [4.69, 9.17) is 28.4 Å². The Hall–Kier alpha value is -2.08. The molecule has 1 spiro atoms. The van der Waals surface area contributed by atoms with Gasteiger partial charge in [0.2, 0.25) is 0 Å². The van der Waals surface area contributed by atoms with Crippen molar-refractivity contribution in [2.45, 2.75) is 94.0 Å². The minimum Gasteiger partial charge on any atom is -0.462 e. The van der Waals surface area contributed by atoms with E-state index >= 15 is 0 Å². The summed E-state index contributed by atoms with van der Waals surface area (Å²) in [5, 5.41) is 21.2. The molecule has 7 rings (SSSR count). The van der Waals surface area contributed by atoms with Crippen LogP contribution in [0.1, 0.15) is 46.0 Å². The van der Waals surface area contributed by atoms with Gasteiger partial charge in [-0.1, -0.05) is 24.6 Å². The molecule has 0 aromatic rings. The van der Waals surface area contributed by atoms with Crippen LogP contribution in [-0.2, 0) is 38.0 Å². The van der Waals surface area contributed by atoms with Gasteiger partial charge in [-0.15, -0.1) is 0 Å². The molecule has 10 heteroatoms. The molecule has 212 valence electrons. The molecular formula is C29H36O10. The highest BCUT2D eigenvalue weighted by Crippen LogP contribution is 2.68. The number of esters is 2. The highest BCUT2D eigenvalue weighted by molar-refractivity contribution is 5.83. The third-order valence-electron chi connectivity index (χ3n) is 10.4. The van der Waals surface area contributed by atoms with Crippen molar-refractivity contribution in [2.75, 3.05) is 19.8 Å². The molecule has 4 bridgehead atoms. The zero-order valence-electron chi connectivity index (χ0n) is 22.2. The Morgan fingerprint density at radius 2 is 1.90 bits per heavy atom. The van der Waals surface area contributed by atoms with E-state index in [0.29, 0.717) is 31.4 Å². The van der Waals surface area contributed by atoms with Gasteiger partial charge in [0.25, 0.3) is 0 Å². The van der Waals surface area contributed by atoms with Crippen molar-refractivity contribution in [1.29, 1.82) is 0 Å². The second-order valence-electron chi connectivity index (χ2n) is 12.4. The number of carbonyl (C=O) groups is 2. The summed E-state index contributed by atoms with van der Waals surface area (Å²) < 4.78 is 36.4. The minimum atomic E-state index is -1.45. The summed E-state index contributed by atoms with van der Waals surface area (Å²) in [4.78, 5) is 26.2. The number of hydrogen-bond acceptors (Lipinski definition) is 10. The fourth-order valence-corrected chi connectivity index (χ4v) is 8.55. The summed E-state index contributed by atoms with van der Waals surface area (Å²) in [6.45, 7) is 5.19. The van der Waals surface area contributed by atoms with Crippen LogP contribution in [0.15, 0.2) is 35.5 Å². The predicted molar refractivity (Wildman–Crippen MR) is 133 cm³/mol. The Morgan fingerprint density at radius 1 is 1.08 bits per heavy atom. The number of hydrogen-bond donors (Lipinski definition) is 2. The van der Waals surface area contributed by atoms with Crippen LogP contribution in [-0.4, -0.2) is 90.0 Å². The zero-order chi connectivity index (χ0) is 27.2. The summed E-state index contributed by atoms with van der Waals surface area (Å²) in [6.07, 6.45) is 4.71. The lowest BCUT2D eigenvalue weighted by Gasteiger charge is -2.52. The molecular weight excluding hydrogens is 508 g/mol. The largest absolute Gasteiger partial charge is 0.462 e. The molecule has 0 radical (unpaired) electrons. The first-order valence-corrected chi connectivity index (χ1v) is 14.0. The van der Waals surface area contributed by atoms with Crippen LogP contribution in [0.5, 0.6) is 0 Å². The molecule has 4 saturated heterocycles. The number of epoxide rings is 1. The van der Waals surface area contributed by atoms with Crippen molar-refractivity contribution in [1.82, 2.24) is 0 Å². The Bertz CT molecular complexity index is 1150. The van der Waals surface area contributed by atoms with E-state index in [9.17, 15) is 19.8 Å². The first-order valence-electron chi connectivity index (χ1n) is 14.0. The van der Waals surface area contributed by atoms with Crippen LogP contribution in [0, 0.1) is 17.3 Å². The van der Waals surface area contributed by atoms with Gasteiger partial charge in [-0.3, -0.25) is 0 Å². The quantitative estimate of drug-likeness (QED) is 0.262. The molecule has 5 fully saturated rings. The van der Waals surface area contributed by atoms with Gasteiger partial charge in [0.15, 0.2) is 6.29 Å². The van der Waals surface area contributed by atoms with Gasteiger partial charge < -0.3 is 38.6 Å². The number of carbonyl (C=O) groups excluding carboxylic acids is 2. The molecule has 11 atom stereocenters. The fourth-order valence-electron chi connectivity index (χ4n) is 8.55. The molecule has 7 aliphatic rings. The Labute approximate surface area is 226 Å². The zero-order valence-corrected chi connectivity index (χ0v) is 22.2. The standard InChI is InChI=1S/C29H36O10/c1-15-9-17-13-34-22(31)11-16-6-8-35-28(24(32)26(33)39-25(16)28)7-4-3-5-21(30)38-19-12-20-29(14-36-29)27(19,2)23(17)18(10-15)37-20/h3,5,10-11,17-20,23-26,32-33H,4,6-9,12-14H2,1-2H3/b5-3+,16-11+/t17-,18+,19+,20+,23-,24+,25-,26+,27+,28-,29+/m0/s1. The molecule has 39 heavy (non-hydrogen) atoms. The molecule has 1 saturated carbocycles. The van der Waals surface area contributed by atoms with E-state index < -0.39 is 53.2 Å². The molecule has 0 amide bonds. The highest BCUT2D eigenvalue weighted by atomic mass is 16.7. The number of cyclic esters (lactones) is 1. The van der Waals surface area contributed by atoms with Crippen LogP contribution in [0.3, 0.4) is 0 Å². The van der Waals surface area contributed by atoms with E-state index in [0.717, 1.165) is 6.42 Å². The van der Waals surface area contributed by atoms with Crippen LogP contribution in [0.25, 0.3) is 0 Å². The fraction of sp³-hybridized carbons (Fsp3) is 0.724. The second-order valence-corrected chi connectivity index (χ2v) is 12.4. The first-order chi connectivity index (χ1) is 18.7. The molecule has 10 nitrogen and oxygen atoms in total. The van der Waals surface area contributed by atoms with E-state index in [-0.39, 0.29) is 43.7 Å². The van der Waals surface area contributed by atoms with Crippen molar-refractivity contribution in [3.8, 4) is 0 Å². The molecule has 0 unspecified atom stereocenters. The maximum absolute atomic E-state index is 13.1. The summed E-state index contributed by atoms with van der Waals surface area (Å²) >= 11 is 0. The molecule has 2 N–H and O–H groups in total. The van der Waals surface area contributed by atoms with Crippen molar-refractivity contribution in [2.24, 2.45) is 17.3 Å². The van der Waals surface area contributed by atoms with Crippen molar-refractivity contribution >= 4 is 11.9 Å². The number of ether oxygens (including phenoxy) is 6. The van der Waals surface area contributed by atoms with Gasteiger partial charge in [-0.25, -0.2) is 9.59 Å². The number of aliphatic hydroxyl groups excluding tert-OH is 2. The molecule has 5 aliphatic heterocycles. The van der Waals surface area contributed by atoms with Crippen LogP contribution < -0.4 is 0 Å². The maximum Gasteiger partial charge on any atom is 0.330 e. The van der Waals surface area contributed by atoms with Crippen LogP contribution >= 0.6 is 0 Å². The summed E-state index contributed by atoms with van der Waals surface area (Å²) in [5.41, 5.74) is -0.455. The van der Waals surface area contributed by atoms with Crippen molar-refractivity contribution in [3.05, 3.63) is 35.5 Å². The highest BCUT2D eigenvalue weighted by Gasteiger charge is 2.79. The van der Waals surface area contributed by atoms with E-state index in [1.54, 1.807) is 6.08 Å². The monoisotopic (exact) mass is 544 g/mol. The normalized spacial score (nSPS) is 53.0. The van der Waals surface area contributed by atoms with Crippen molar-refractivity contribution < 1.29 is 48.2 Å². The average Bonchev–Trinajstić information content (AvgIpc) is 3.63. The van der Waals surface area contributed by atoms with Gasteiger partial charge >= 0.3 is 11.9 Å². The van der Waals surface area contributed by atoms with Crippen molar-refractivity contribution in [3.63, 3.8) is 0 Å². The second kappa shape index (κ2) is 8.96. The molecule has 2 aliphatic carbocycles. The average molecular weight is 545 g/mol. The number of allylic oxidation sites excluding steroid dienone is 2. The maximum atomic E-state index is 13.1. The lowest BCUT2D eigenvalue weighted by Crippen LogP contribution is -2.60. The first kappa shape index (κ1) is 25.9. The van der Waals surface area contributed by atoms with E-state index in [1.807, 2.05) is 0 Å². The van der Waals surface area contributed by atoms with Gasteiger partial charge in [-0.05, 0) is 38.2 Å². The SMILES string of the molecule is CC1=C[C@H]2O[C@@H]3C[C@H]4OC(=O)/C=C/CC[C@@]56OCC/C(=C\C(=O)OC[C@H](C1)[C@@H]2[C@]4(C)[C@@]31CO1)[C@@H]5O[C@@H](O)[C@H]6O. The Morgan fingerprint density at radius 3 is 2.69 bits per heavy atom. The number of rotatable bonds is 0. The Kier molecular flexibility index (Phi) is 5.94. The van der Waals surface area contributed by atoms with Crippen LogP contribution in [0.4, 0.5) is 0 Å². The van der Waals surface area contributed by atoms with Gasteiger partial charge in [-0.2, -0.15) is 0 Å². The topological polar surface area (TPSA) is 133 Å². The third kappa shape index (κ3) is 3.68. The smallest absolute Gasteiger partial charge is 0.330 e. The molecule has 0 aromatic heterocycles.